The number of aromatic nitrogens is 4. The number of alkyl halides is 2. The van der Waals surface area contributed by atoms with Gasteiger partial charge >= 0.3 is 12.1 Å². The number of fused-ring (bicyclic) bond motifs is 7. The van der Waals surface area contributed by atoms with Crippen molar-refractivity contribution in [2.75, 3.05) is 20.3 Å². The summed E-state index contributed by atoms with van der Waals surface area (Å²) in [6, 6.07) is 2.79. The van der Waals surface area contributed by atoms with Crippen molar-refractivity contribution in [3.8, 4) is 11.4 Å². The summed E-state index contributed by atoms with van der Waals surface area (Å²) in [6.45, 7) is 6.91. The van der Waals surface area contributed by atoms with E-state index in [1.165, 1.54) is 16.8 Å². The highest BCUT2D eigenvalue weighted by Gasteiger charge is 2.66. The van der Waals surface area contributed by atoms with Gasteiger partial charge < -0.3 is 30.1 Å². The highest BCUT2D eigenvalue weighted by molar-refractivity contribution is 5.96. The van der Waals surface area contributed by atoms with Crippen molar-refractivity contribution in [3.05, 3.63) is 35.7 Å². The summed E-state index contributed by atoms with van der Waals surface area (Å²) in [5, 5.41) is 27.7. The lowest BCUT2D eigenvalue weighted by atomic mass is 9.85. The minimum Gasteiger partial charge on any atom is -0.497 e. The van der Waals surface area contributed by atoms with Gasteiger partial charge in [0.1, 0.15) is 23.4 Å². The number of nitrogens with zero attached hydrogens (tertiary/aromatic N) is 5. The van der Waals surface area contributed by atoms with Gasteiger partial charge in [0.2, 0.25) is 18.2 Å². The highest BCUT2D eigenvalue weighted by Crippen LogP contribution is 2.48. The van der Waals surface area contributed by atoms with Gasteiger partial charge in [-0.3, -0.25) is 9.59 Å². The normalized spacial score (nSPS) is 28.9. The number of carbonyl (C=O) groups is 4. The first-order valence-corrected chi connectivity index (χ1v) is 14.9. The van der Waals surface area contributed by atoms with Gasteiger partial charge in [0.15, 0.2) is 5.82 Å². The first kappa shape index (κ1) is 32.8. The lowest BCUT2D eigenvalue weighted by Crippen LogP contribution is -2.59. The zero-order chi connectivity index (χ0) is 33.6. The minimum atomic E-state index is -2.96. The fourth-order valence-electron chi connectivity index (χ4n) is 5.82. The van der Waals surface area contributed by atoms with Crippen LogP contribution >= 0.6 is 0 Å². The standard InChI is InChI=1S/C30H37F2N7O7/c1-15-6-7-16-10-18(45-5)8-9-20(16)39-36-24(35-37-39)17-11-21(25(40)34-30(27(42)43)12-19(30)23(31)32)38(13-17)26(41)22(29(2,3)4)33-28(44)46-14-15/h6-10,15,17,19,21-23H,11-14H2,1-5H3,(H,33,44)(H,34,40)(H,42,43)/b7-6+/t15-,17+,19-,21-,22+,30-/m0/s1. The fourth-order valence-corrected chi connectivity index (χ4v) is 5.82. The third-order valence-corrected chi connectivity index (χ3v) is 8.63. The van der Waals surface area contributed by atoms with E-state index in [9.17, 15) is 33.1 Å². The van der Waals surface area contributed by atoms with Crippen LogP contribution in [0.1, 0.15) is 57.8 Å². The molecule has 0 unspecified atom stereocenters. The van der Waals surface area contributed by atoms with Crippen molar-refractivity contribution in [1.82, 2.24) is 35.7 Å². The molecule has 14 nitrogen and oxygen atoms in total. The quantitative estimate of drug-likeness (QED) is 0.437. The molecule has 6 atom stereocenters. The van der Waals surface area contributed by atoms with Crippen LogP contribution in [0.4, 0.5) is 13.6 Å². The van der Waals surface area contributed by atoms with Crippen molar-refractivity contribution < 1.29 is 42.5 Å². The van der Waals surface area contributed by atoms with Gasteiger partial charge in [0.05, 0.1) is 25.3 Å². The summed E-state index contributed by atoms with van der Waals surface area (Å²) in [6.07, 6.45) is -0.646. The zero-order valence-electron chi connectivity index (χ0n) is 26.1. The maximum absolute atomic E-state index is 14.2. The Morgan fingerprint density at radius 2 is 2.00 bits per heavy atom. The third-order valence-electron chi connectivity index (χ3n) is 8.63. The second-order valence-electron chi connectivity index (χ2n) is 13.1. The number of halogens is 2. The summed E-state index contributed by atoms with van der Waals surface area (Å²) >= 11 is 0. The zero-order valence-corrected chi connectivity index (χ0v) is 26.1. The Kier molecular flexibility index (Phi) is 8.75. The summed E-state index contributed by atoms with van der Waals surface area (Å²) in [7, 11) is 1.53. The van der Waals surface area contributed by atoms with Gasteiger partial charge in [-0.2, -0.15) is 0 Å². The number of hydrogen-bond donors (Lipinski definition) is 3. The van der Waals surface area contributed by atoms with E-state index in [1.54, 1.807) is 39.0 Å². The topological polar surface area (TPSA) is 178 Å². The monoisotopic (exact) mass is 645 g/mol. The van der Waals surface area contributed by atoms with E-state index < -0.39 is 71.6 Å². The Morgan fingerprint density at radius 3 is 2.63 bits per heavy atom. The van der Waals surface area contributed by atoms with Gasteiger partial charge in [-0.1, -0.05) is 39.8 Å². The lowest BCUT2D eigenvalue weighted by molar-refractivity contribution is -0.147. The van der Waals surface area contributed by atoms with Gasteiger partial charge in [0.25, 0.3) is 0 Å². The van der Waals surface area contributed by atoms with E-state index in [4.69, 9.17) is 9.47 Å². The number of tetrazole rings is 1. The van der Waals surface area contributed by atoms with Crippen LogP contribution in [0.15, 0.2) is 24.3 Å². The van der Waals surface area contributed by atoms with Crippen molar-refractivity contribution in [2.45, 2.75) is 70.5 Å². The van der Waals surface area contributed by atoms with Crippen molar-refractivity contribution in [1.29, 1.82) is 0 Å². The Balaban J connectivity index is 1.55. The number of ether oxygens (including phenoxy) is 2. The molecule has 1 aromatic heterocycles. The molecule has 2 aliphatic heterocycles. The van der Waals surface area contributed by atoms with E-state index in [0.717, 1.165) is 0 Å². The summed E-state index contributed by atoms with van der Waals surface area (Å²) < 4.78 is 37.8. The summed E-state index contributed by atoms with van der Waals surface area (Å²) in [4.78, 5) is 55.3. The molecule has 46 heavy (non-hydrogen) atoms. The minimum absolute atomic E-state index is 0.0161. The third kappa shape index (κ3) is 6.37. The molecule has 1 aromatic carbocycles. The molecule has 248 valence electrons. The lowest BCUT2D eigenvalue weighted by Gasteiger charge is -2.35. The van der Waals surface area contributed by atoms with E-state index in [1.807, 2.05) is 19.1 Å². The number of nitrogens with one attached hydrogen (secondary N) is 2. The molecule has 1 saturated carbocycles. The van der Waals surface area contributed by atoms with Crippen molar-refractivity contribution >= 4 is 30.0 Å². The van der Waals surface area contributed by atoms with Gasteiger partial charge in [-0.25, -0.2) is 18.4 Å². The molecular weight excluding hydrogens is 608 g/mol. The van der Waals surface area contributed by atoms with Crippen molar-refractivity contribution in [2.24, 2.45) is 17.3 Å². The number of amides is 3. The predicted molar refractivity (Wildman–Crippen MR) is 157 cm³/mol. The summed E-state index contributed by atoms with van der Waals surface area (Å²) in [5.41, 5.74) is -1.78. The number of carboxylic acid groups (broad SMARTS) is 1. The number of carbonyl (C=O) groups excluding carboxylic acids is 3. The van der Waals surface area contributed by atoms with Crippen LogP contribution in [-0.2, 0) is 19.1 Å². The molecule has 0 spiro atoms. The van der Waals surface area contributed by atoms with Crippen LogP contribution in [0, 0.1) is 17.3 Å². The van der Waals surface area contributed by atoms with Crippen LogP contribution in [0.25, 0.3) is 11.8 Å². The second kappa shape index (κ2) is 12.3. The molecule has 5 rings (SSSR count). The molecule has 16 heteroatoms. The fraction of sp³-hybridized carbons (Fsp3) is 0.567. The van der Waals surface area contributed by atoms with E-state index in [2.05, 4.69) is 26.0 Å². The van der Waals surface area contributed by atoms with Crippen LogP contribution in [-0.4, -0.2) is 98.4 Å². The number of aliphatic carboxylic acids is 1. The molecule has 3 amide bonds. The first-order valence-electron chi connectivity index (χ1n) is 14.9. The number of hydrogen-bond acceptors (Lipinski definition) is 9. The summed E-state index contributed by atoms with van der Waals surface area (Å²) in [5.74, 6) is -4.79. The molecule has 1 aliphatic carbocycles. The van der Waals surface area contributed by atoms with E-state index in [-0.39, 0.29) is 31.3 Å². The Morgan fingerprint density at radius 1 is 1.26 bits per heavy atom. The molecule has 0 radical (unpaired) electrons. The number of carboxylic acids is 1. The van der Waals surface area contributed by atoms with E-state index >= 15 is 0 Å². The van der Waals surface area contributed by atoms with Gasteiger partial charge in [0, 0.05) is 23.9 Å². The van der Waals surface area contributed by atoms with Gasteiger partial charge in [-0.15, -0.1) is 15.0 Å². The van der Waals surface area contributed by atoms with Crippen LogP contribution in [0.5, 0.6) is 5.75 Å². The molecular formula is C30H37F2N7O7. The highest BCUT2D eigenvalue weighted by atomic mass is 19.3. The second-order valence-corrected chi connectivity index (χ2v) is 13.1. The number of methoxy groups -OCH3 is 1. The average Bonchev–Trinajstić information content (AvgIpc) is 3.31. The predicted octanol–water partition coefficient (Wildman–Crippen LogP) is 2.38. The van der Waals surface area contributed by atoms with Gasteiger partial charge in [-0.05, 0) is 41.7 Å². The first-order chi connectivity index (χ1) is 21.6. The molecule has 3 heterocycles. The van der Waals surface area contributed by atoms with Crippen LogP contribution in [0.2, 0.25) is 0 Å². The largest absolute Gasteiger partial charge is 0.497 e. The Hall–Kier alpha value is -4.63. The van der Waals surface area contributed by atoms with Crippen LogP contribution < -0.4 is 15.4 Å². The number of benzene rings is 1. The number of cyclic esters (lactones) is 1. The maximum atomic E-state index is 14.2. The average molecular weight is 646 g/mol. The number of alkyl carbamates (subject to hydrolysis) is 1. The van der Waals surface area contributed by atoms with Crippen LogP contribution in [0.3, 0.4) is 0 Å². The molecule has 2 fully saturated rings. The molecule has 3 aliphatic rings. The van der Waals surface area contributed by atoms with Crippen molar-refractivity contribution in [3.63, 3.8) is 0 Å². The molecule has 3 N–H and O–H groups in total. The van der Waals surface area contributed by atoms with E-state index in [0.29, 0.717) is 17.0 Å². The Labute approximate surface area is 263 Å². The SMILES string of the molecule is COc1ccc2c(c1)/C=C/[C@H](C)COC(=O)N[C@@H](C(C)(C)C)C(=O)N1C[C@@H](C[C@H]1C(=O)N[C@@]1(C(=O)O)C[C@H]1C(F)F)c1nnn-2n1. The maximum Gasteiger partial charge on any atom is 0.407 e. The Bertz CT molecular complexity index is 1560. The number of rotatable bonds is 5. The molecule has 2 aromatic rings. The molecule has 1 saturated heterocycles. The molecule has 4 bridgehead atoms. The smallest absolute Gasteiger partial charge is 0.407 e.